The van der Waals surface area contributed by atoms with E-state index in [4.69, 9.17) is 0 Å². The van der Waals surface area contributed by atoms with Crippen molar-refractivity contribution in [3.8, 4) is 11.4 Å². The van der Waals surface area contributed by atoms with Crippen LogP contribution in [-0.2, 0) is 0 Å². The third kappa shape index (κ3) is 3.66. The third-order valence-corrected chi connectivity index (χ3v) is 5.70. The highest BCUT2D eigenvalue weighted by Crippen LogP contribution is 2.33. The van der Waals surface area contributed by atoms with Gasteiger partial charge in [0.05, 0.1) is 21.6 Å². The second-order valence-electron chi connectivity index (χ2n) is 7.76. The zero-order valence-corrected chi connectivity index (χ0v) is 17.2. The lowest BCUT2D eigenvalue weighted by Crippen LogP contribution is -2.20. The van der Waals surface area contributed by atoms with E-state index in [1.165, 1.54) is 6.07 Å². The van der Waals surface area contributed by atoms with E-state index in [2.05, 4.69) is 15.3 Å². The predicted molar refractivity (Wildman–Crippen MR) is 124 cm³/mol. The number of aromatic amines is 1. The van der Waals surface area contributed by atoms with Crippen LogP contribution in [0.25, 0.3) is 22.4 Å². The summed E-state index contributed by atoms with van der Waals surface area (Å²) in [6, 6.07) is 19.7. The largest absolute Gasteiger partial charge is 0.366 e. The van der Waals surface area contributed by atoms with E-state index >= 15 is 0 Å². The number of H-pyrrole nitrogens is 1. The first-order valence-corrected chi connectivity index (χ1v) is 10.5. The molecular formula is C24H21N5O3. The molecule has 1 aromatic heterocycles. The van der Waals surface area contributed by atoms with E-state index in [0.717, 1.165) is 42.5 Å². The molecule has 5 rings (SSSR count). The minimum atomic E-state index is -0.424. The molecule has 1 aliphatic heterocycles. The van der Waals surface area contributed by atoms with Crippen LogP contribution in [0.5, 0.6) is 0 Å². The maximum atomic E-state index is 13.0. The molecule has 2 N–H and O–H groups in total. The molecule has 1 amide bonds. The number of anilines is 2. The number of imidazole rings is 1. The van der Waals surface area contributed by atoms with Crippen LogP contribution in [0.2, 0.25) is 0 Å². The van der Waals surface area contributed by atoms with Crippen LogP contribution in [-0.4, -0.2) is 33.9 Å². The van der Waals surface area contributed by atoms with Gasteiger partial charge in [-0.15, -0.1) is 0 Å². The molecule has 8 nitrogen and oxygen atoms in total. The van der Waals surface area contributed by atoms with E-state index in [-0.39, 0.29) is 11.3 Å². The number of para-hydroxylation sites is 3. The van der Waals surface area contributed by atoms with Crippen molar-refractivity contribution in [2.45, 2.75) is 12.8 Å². The normalized spacial score (nSPS) is 13.4. The highest BCUT2D eigenvalue weighted by Gasteiger charge is 2.24. The van der Waals surface area contributed by atoms with E-state index < -0.39 is 10.8 Å². The van der Waals surface area contributed by atoms with Gasteiger partial charge >= 0.3 is 0 Å². The molecule has 0 spiro atoms. The fourth-order valence-electron chi connectivity index (χ4n) is 4.11. The molecule has 0 saturated carbocycles. The Hall–Kier alpha value is -4.20. The van der Waals surface area contributed by atoms with Crippen LogP contribution in [0.1, 0.15) is 23.2 Å². The molecule has 0 radical (unpaired) electrons. The summed E-state index contributed by atoms with van der Waals surface area (Å²) in [5.74, 6) is 0.224. The number of rotatable bonds is 5. The molecule has 160 valence electrons. The number of nitrogens with zero attached hydrogens (tertiary/aromatic N) is 3. The van der Waals surface area contributed by atoms with Crippen molar-refractivity contribution < 1.29 is 9.72 Å². The lowest BCUT2D eigenvalue weighted by atomic mass is 10.1. The van der Waals surface area contributed by atoms with Crippen molar-refractivity contribution >= 4 is 34.0 Å². The van der Waals surface area contributed by atoms with Gasteiger partial charge in [-0.25, -0.2) is 4.98 Å². The summed E-state index contributed by atoms with van der Waals surface area (Å²) in [6.07, 6.45) is 2.02. The van der Waals surface area contributed by atoms with Crippen LogP contribution in [0, 0.1) is 10.1 Å². The van der Waals surface area contributed by atoms with Gasteiger partial charge in [-0.2, -0.15) is 0 Å². The highest BCUT2D eigenvalue weighted by molar-refractivity contribution is 6.07. The number of fused-ring (bicyclic) bond motifs is 1. The predicted octanol–water partition coefficient (Wildman–Crippen LogP) is 4.99. The Balaban J connectivity index is 1.45. The maximum Gasteiger partial charge on any atom is 0.293 e. The van der Waals surface area contributed by atoms with E-state index in [1.54, 1.807) is 18.2 Å². The summed E-state index contributed by atoms with van der Waals surface area (Å²) in [5, 5.41) is 14.6. The van der Waals surface area contributed by atoms with Gasteiger partial charge in [-0.1, -0.05) is 24.3 Å². The number of aromatic nitrogens is 2. The molecule has 1 aliphatic rings. The van der Waals surface area contributed by atoms with Crippen molar-refractivity contribution in [3.63, 3.8) is 0 Å². The number of nitro benzene ring substituents is 1. The van der Waals surface area contributed by atoms with E-state index in [1.807, 2.05) is 47.4 Å². The summed E-state index contributed by atoms with van der Waals surface area (Å²) in [7, 11) is 0. The molecule has 1 saturated heterocycles. The minimum absolute atomic E-state index is 0.0508. The van der Waals surface area contributed by atoms with E-state index in [9.17, 15) is 14.9 Å². The Kier molecular flexibility index (Phi) is 5.03. The fourth-order valence-corrected chi connectivity index (χ4v) is 4.11. The van der Waals surface area contributed by atoms with Crippen LogP contribution < -0.4 is 10.2 Å². The van der Waals surface area contributed by atoms with Gasteiger partial charge in [-0.3, -0.25) is 14.9 Å². The Morgan fingerprint density at radius 3 is 2.56 bits per heavy atom. The van der Waals surface area contributed by atoms with Gasteiger partial charge in [0.15, 0.2) is 0 Å². The van der Waals surface area contributed by atoms with Gasteiger partial charge in [0, 0.05) is 30.3 Å². The number of carbonyl (C=O) groups is 1. The number of amides is 1. The molecular weight excluding hydrogens is 406 g/mol. The molecule has 0 bridgehead atoms. The Bertz CT molecular complexity index is 1290. The lowest BCUT2D eigenvalue weighted by Gasteiger charge is -2.18. The SMILES string of the molecule is O=C(Nc1ccccc1-c1nc2ccccc2[nH]1)c1ccc(N2CCCC2)c([N+](=O)[O-])c1. The molecule has 4 aromatic rings. The molecule has 1 fully saturated rings. The Labute approximate surface area is 184 Å². The number of hydrogen-bond donors (Lipinski definition) is 2. The molecule has 8 heteroatoms. The quantitative estimate of drug-likeness (QED) is 0.345. The molecule has 0 atom stereocenters. The number of carbonyl (C=O) groups excluding carboxylic acids is 1. The van der Waals surface area contributed by atoms with Gasteiger partial charge in [0.25, 0.3) is 11.6 Å². The average molecular weight is 427 g/mol. The lowest BCUT2D eigenvalue weighted by molar-refractivity contribution is -0.384. The van der Waals surface area contributed by atoms with Crippen LogP contribution in [0.3, 0.4) is 0 Å². The number of benzene rings is 3. The van der Waals surface area contributed by atoms with Crippen LogP contribution >= 0.6 is 0 Å². The van der Waals surface area contributed by atoms with Crippen molar-refractivity contribution in [3.05, 3.63) is 82.4 Å². The smallest absolute Gasteiger partial charge is 0.293 e. The first kappa shape index (κ1) is 19.7. The molecule has 32 heavy (non-hydrogen) atoms. The Morgan fingerprint density at radius 1 is 1.03 bits per heavy atom. The van der Waals surface area contributed by atoms with Crippen molar-refractivity contribution in [2.75, 3.05) is 23.3 Å². The summed E-state index contributed by atoms with van der Waals surface area (Å²) in [5.41, 5.74) is 3.78. The topological polar surface area (TPSA) is 104 Å². The monoisotopic (exact) mass is 427 g/mol. The second-order valence-corrected chi connectivity index (χ2v) is 7.76. The molecule has 0 unspecified atom stereocenters. The summed E-state index contributed by atoms with van der Waals surface area (Å²) in [6.45, 7) is 1.58. The zero-order valence-electron chi connectivity index (χ0n) is 17.2. The maximum absolute atomic E-state index is 13.0. The Morgan fingerprint density at radius 2 is 1.78 bits per heavy atom. The third-order valence-electron chi connectivity index (χ3n) is 5.70. The molecule has 3 aromatic carbocycles. The highest BCUT2D eigenvalue weighted by atomic mass is 16.6. The zero-order chi connectivity index (χ0) is 22.1. The summed E-state index contributed by atoms with van der Waals surface area (Å²) in [4.78, 5) is 34.1. The van der Waals surface area contributed by atoms with Gasteiger partial charge in [0.1, 0.15) is 11.5 Å². The number of hydrogen-bond acceptors (Lipinski definition) is 5. The van der Waals surface area contributed by atoms with Crippen molar-refractivity contribution in [1.82, 2.24) is 9.97 Å². The molecule has 2 heterocycles. The first-order valence-electron chi connectivity index (χ1n) is 10.5. The minimum Gasteiger partial charge on any atom is -0.366 e. The van der Waals surface area contributed by atoms with Gasteiger partial charge in [0.2, 0.25) is 0 Å². The number of nitro groups is 1. The summed E-state index contributed by atoms with van der Waals surface area (Å²) >= 11 is 0. The van der Waals surface area contributed by atoms with Gasteiger partial charge in [-0.05, 0) is 49.2 Å². The van der Waals surface area contributed by atoms with Gasteiger partial charge < -0.3 is 15.2 Å². The van der Waals surface area contributed by atoms with Crippen LogP contribution in [0.15, 0.2) is 66.7 Å². The van der Waals surface area contributed by atoms with Crippen molar-refractivity contribution in [2.24, 2.45) is 0 Å². The molecule has 0 aliphatic carbocycles. The number of nitrogens with one attached hydrogen (secondary N) is 2. The first-order chi connectivity index (χ1) is 15.6. The standard InChI is InChI=1S/C24H21N5O3/c30-24(16-11-12-21(22(15-16)29(31)32)28-13-5-6-14-28)27-18-8-2-1-7-17(18)23-25-19-9-3-4-10-20(19)26-23/h1-4,7-12,15H,5-6,13-14H2,(H,25,26)(H,27,30). The van der Waals surface area contributed by atoms with Crippen molar-refractivity contribution in [1.29, 1.82) is 0 Å². The second kappa shape index (κ2) is 8.14. The average Bonchev–Trinajstić information content (AvgIpc) is 3.49. The van der Waals surface area contributed by atoms with Crippen LogP contribution in [0.4, 0.5) is 17.1 Å². The fraction of sp³-hybridized carbons (Fsp3) is 0.167. The summed E-state index contributed by atoms with van der Waals surface area (Å²) < 4.78 is 0. The van der Waals surface area contributed by atoms with E-state index in [0.29, 0.717) is 17.2 Å².